The molecule has 0 aliphatic carbocycles. The lowest BCUT2D eigenvalue weighted by Crippen LogP contribution is -2.18. The molecular formula is C11H13BrN4O3S. The van der Waals surface area contributed by atoms with Gasteiger partial charge in [-0.15, -0.1) is 10.2 Å². The van der Waals surface area contributed by atoms with Crippen LogP contribution in [0.3, 0.4) is 0 Å². The van der Waals surface area contributed by atoms with Crippen molar-refractivity contribution in [3.8, 4) is 17.1 Å². The van der Waals surface area contributed by atoms with Crippen molar-refractivity contribution in [2.75, 3.05) is 7.11 Å². The molecule has 0 fully saturated rings. The Bertz CT molecular complexity index is 742. The summed E-state index contributed by atoms with van der Waals surface area (Å²) in [5.41, 5.74) is 0.639. The molecule has 7 nitrogen and oxygen atoms in total. The minimum absolute atomic E-state index is 0.264. The molecule has 0 amide bonds. The molecular weight excluding hydrogens is 348 g/mol. The van der Waals surface area contributed by atoms with Crippen LogP contribution in [0.4, 0.5) is 0 Å². The molecule has 0 spiro atoms. The summed E-state index contributed by atoms with van der Waals surface area (Å²) in [5, 5.41) is 12.5. The van der Waals surface area contributed by atoms with Crippen molar-refractivity contribution in [2.45, 2.75) is 18.6 Å². The van der Waals surface area contributed by atoms with Gasteiger partial charge in [0.15, 0.2) is 5.82 Å². The van der Waals surface area contributed by atoms with Crippen LogP contribution < -0.4 is 9.88 Å². The van der Waals surface area contributed by atoms with Crippen molar-refractivity contribution in [2.24, 2.45) is 5.14 Å². The zero-order chi connectivity index (χ0) is 14.9. The molecule has 0 aliphatic rings. The highest BCUT2D eigenvalue weighted by Crippen LogP contribution is 2.32. The Kier molecular flexibility index (Phi) is 4.11. The lowest BCUT2D eigenvalue weighted by atomic mass is 10.2. The summed E-state index contributed by atoms with van der Waals surface area (Å²) in [7, 11) is -2.39. The first-order valence-corrected chi connectivity index (χ1v) is 8.02. The van der Waals surface area contributed by atoms with Crippen molar-refractivity contribution in [3.63, 3.8) is 0 Å². The average molecular weight is 361 g/mol. The van der Waals surface area contributed by atoms with Gasteiger partial charge in [0.1, 0.15) is 5.75 Å². The molecule has 2 aromatic rings. The smallest absolute Gasteiger partial charge is 0.273 e. The number of halogens is 1. The molecule has 9 heteroatoms. The van der Waals surface area contributed by atoms with Crippen LogP contribution in [-0.4, -0.2) is 30.3 Å². The SMILES string of the molecule is CCn1c(-c2ccc(Br)cc2OC)nnc1S(N)(=O)=O. The number of nitrogens with two attached hydrogens (primary N) is 1. The van der Waals surface area contributed by atoms with Gasteiger partial charge in [-0.05, 0) is 25.1 Å². The lowest BCUT2D eigenvalue weighted by Gasteiger charge is -2.10. The Morgan fingerprint density at radius 2 is 2.10 bits per heavy atom. The number of primary sulfonamides is 1. The van der Waals surface area contributed by atoms with E-state index in [9.17, 15) is 8.42 Å². The van der Waals surface area contributed by atoms with Gasteiger partial charge in [-0.2, -0.15) is 0 Å². The summed E-state index contributed by atoms with van der Waals surface area (Å²) in [4.78, 5) is 0. The maximum atomic E-state index is 11.5. The van der Waals surface area contributed by atoms with E-state index >= 15 is 0 Å². The first-order chi connectivity index (χ1) is 9.38. The van der Waals surface area contributed by atoms with Gasteiger partial charge >= 0.3 is 0 Å². The molecule has 1 aromatic heterocycles. The Morgan fingerprint density at radius 3 is 2.65 bits per heavy atom. The standard InChI is InChI=1S/C11H13BrN4O3S/c1-3-16-10(14-15-11(16)20(13,17)18)8-5-4-7(12)6-9(8)19-2/h4-6H,3H2,1-2H3,(H2,13,17,18). The topological polar surface area (TPSA) is 100 Å². The lowest BCUT2D eigenvalue weighted by molar-refractivity contribution is 0.415. The Balaban J connectivity index is 2.68. The fourth-order valence-corrected chi connectivity index (χ4v) is 2.85. The number of sulfonamides is 1. The molecule has 108 valence electrons. The summed E-state index contributed by atoms with van der Waals surface area (Å²) in [6, 6.07) is 5.34. The number of rotatable bonds is 4. The summed E-state index contributed by atoms with van der Waals surface area (Å²) in [6.07, 6.45) is 0. The van der Waals surface area contributed by atoms with Gasteiger partial charge in [0.25, 0.3) is 15.2 Å². The van der Waals surface area contributed by atoms with Gasteiger partial charge in [-0.1, -0.05) is 15.9 Å². The second-order valence-corrected chi connectivity index (χ2v) is 6.31. The van der Waals surface area contributed by atoms with E-state index in [0.29, 0.717) is 23.7 Å². The molecule has 0 saturated heterocycles. The van der Waals surface area contributed by atoms with Crippen LogP contribution in [0.1, 0.15) is 6.92 Å². The largest absolute Gasteiger partial charge is 0.496 e. The van der Waals surface area contributed by atoms with E-state index < -0.39 is 10.0 Å². The van der Waals surface area contributed by atoms with Gasteiger partial charge in [0.05, 0.1) is 12.7 Å². The number of aromatic nitrogens is 3. The van der Waals surface area contributed by atoms with E-state index in [1.807, 2.05) is 6.07 Å². The zero-order valence-corrected chi connectivity index (χ0v) is 13.3. The minimum Gasteiger partial charge on any atom is -0.496 e. The molecule has 1 aromatic carbocycles. The van der Waals surface area contributed by atoms with E-state index in [1.165, 1.54) is 11.7 Å². The Labute approximate surface area is 124 Å². The Hall–Kier alpha value is -1.45. The average Bonchev–Trinajstić information content (AvgIpc) is 2.82. The second-order valence-electron chi connectivity index (χ2n) is 3.94. The highest BCUT2D eigenvalue weighted by molar-refractivity contribution is 9.10. The van der Waals surface area contributed by atoms with Crippen LogP contribution in [0.2, 0.25) is 0 Å². The van der Waals surface area contributed by atoms with Gasteiger partial charge in [0, 0.05) is 11.0 Å². The van der Waals surface area contributed by atoms with Crippen molar-refractivity contribution >= 4 is 26.0 Å². The molecule has 0 radical (unpaired) electrons. The van der Waals surface area contributed by atoms with E-state index in [1.54, 1.807) is 19.1 Å². The maximum Gasteiger partial charge on any atom is 0.273 e. The Morgan fingerprint density at radius 1 is 1.40 bits per heavy atom. The third-order valence-electron chi connectivity index (χ3n) is 2.69. The van der Waals surface area contributed by atoms with Crippen LogP contribution in [0, 0.1) is 0 Å². The van der Waals surface area contributed by atoms with E-state index in [0.717, 1.165) is 4.47 Å². The predicted molar refractivity (Wildman–Crippen MR) is 76.8 cm³/mol. The third-order valence-corrected chi connectivity index (χ3v) is 4.00. The van der Waals surface area contributed by atoms with E-state index in [2.05, 4.69) is 26.1 Å². The molecule has 0 atom stereocenters. The highest BCUT2D eigenvalue weighted by atomic mass is 79.9. The fourth-order valence-electron chi connectivity index (χ4n) is 1.83. The molecule has 20 heavy (non-hydrogen) atoms. The molecule has 2 N–H and O–H groups in total. The molecule has 2 rings (SSSR count). The number of hydrogen-bond donors (Lipinski definition) is 1. The zero-order valence-electron chi connectivity index (χ0n) is 10.9. The van der Waals surface area contributed by atoms with Gasteiger partial charge < -0.3 is 4.74 Å². The fraction of sp³-hybridized carbons (Fsp3) is 0.273. The molecule has 0 saturated carbocycles. The highest BCUT2D eigenvalue weighted by Gasteiger charge is 2.22. The summed E-state index contributed by atoms with van der Waals surface area (Å²) in [6.45, 7) is 2.15. The number of methoxy groups -OCH3 is 1. The number of hydrogen-bond acceptors (Lipinski definition) is 5. The number of benzene rings is 1. The third kappa shape index (κ3) is 2.69. The second kappa shape index (κ2) is 5.51. The first-order valence-electron chi connectivity index (χ1n) is 5.68. The first kappa shape index (κ1) is 14.9. The van der Waals surface area contributed by atoms with Crippen LogP contribution in [-0.2, 0) is 16.6 Å². The maximum absolute atomic E-state index is 11.5. The molecule has 0 unspecified atom stereocenters. The van der Waals surface area contributed by atoms with Crippen molar-refractivity contribution < 1.29 is 13.2 Å². The molecule has 0 aliphatic heterocycles. The van der Waals surface area contributed by atoms with Crippen LogP contribution in [0.15, 0.2) is 27.8 Å². The minimum atomic E-state index is -3.92. The van der Waals surface area contributed by atoms with Gasteiger partial charge in [0.2, 0.25) is 0 Å². The van der Waals surface area contributed by atoms with Crippen molar-refractivity contribution in [3.05, 3.63) is 22.7 Å². The monoisotopic (exact) mass is 360 g/mol. The number of ether oxygens (including phenoxy) is 1. The van der Waals surface area contributed by atoms with Gasteiger partial charge in [-0.3, -0.25) is 4.57 Å². The quantitative estimate of drug-likeness (QED) is 0.887. The number of nitrogens with zero attached hydrogens (tertiary/aromatic N) is 3. The summed E-state index contributed by atoms with van der Waals surface area (Å²) in [5.74, 6) is 0.948. The van der Waals surface area contributed by atoms with Crippen LogP contribution in [0.25, 0.3) is 11.4 Å². The van der Waals surface area contributed by atoms with Crippen molar-refractivity contribution in [1.82, 2.24) is 14.8 Å². The summed E-state index contributed by atoms with van der Waals surface area (Å²) < 4.78 is 30.5. The van der Waals surface area contributed by atoms with Crippen molar-refractivity contribution in [1.29, 1.82) is 0 Å². The van der Waals surface area contributed by atoms with E-state index in [4.69, 9.17) is 9.88 Å². The van der Waals surface area contributed by atoms with Gasteiger partial charge in [-0.25, -0.2) is 13.6 Å². The summed E-state index contributed by atoms with van der Waals surface area (Å²) >= 11 is 3.34. The normalized spacial score (nSPS) is 11.6. The molecule has 1 heterocycles. The van der Waals surface area contributed by atoms with E-state index in [-0.39, 0.29) is 5.16 Å². The van der Waals surface area contributed by atoms with Crippen LogP contribution >= 0.6 is 15.9 Å². The predicted octanol–water partition coefficient (Wildman–Crippen LogP) is 1.38. The molecule has 0 bridgehead atoms. The van der Waals surface area contributed by atoms with Crippen LogP contribution in [0.5, 0.6) is 5.75 Å².